The number of anilines is 3. The topological polar surface area (TPSA) is 87.4 Å². The molecule has 0 saturated heterocycles. The van der Waals surface area contributed by atoms with E-state index in [0.717, 1.165) is 41.6 Å². The molecular formula is C26H27F3N6OS. The van der Waals surface area contributed by atoms with Gasteiger partial charge in [-0.05, 0) is 80.0 Å². The molecule has 194 valence electrons. The normalized spacial score (nSPS) is 11.8. The van der Waals surface area contributed by atoms with Gasteiger partial charge in [0.25, 0.3) is 5.91 Å². The predicted octanol–water partition coefficient (Wildman–Crippen LogP) is 5.60. The van der Waals surface area contributed by atoms with E-state index in [0.29, 0.717) is 22.6 Å². The van der Waals surface area contributed by atoms with Gasteiger partial charge in [0.2, 0.25) is 5.95 Å². The van der Waals surface area contributed by atoms with E-state index in [4.69, 9.17) is 5.73 Å². The number of amides is 1. The Morgan fingerprint density at radius 1 is 1.05 bits per heavy atom. The highest BCUT2D eigenvalue weighted by atomic mass is 32.1. The maximum Gasteiger partial charge on any atom is 0.416 e. The first-order chi connectivity index (χ1) is 17.5. The van der Waals surface area contributed by atoms with E-state index in [1.807, 2.05) is 47.5 Å². The number of hydrogen-bond donors (Lipinski definition) is 2. The smallest absolute Gasteiger partial charge is 0.373 e. The van der Waals surface area contributed by atoms with Gasteiger partial charge < -0.3 is 20.9 Å². The highest BCUT2D eigenvalue weighted by molar-refractivity contribution is 7.12. The van der Waals surface area contributed by atoms with E-state index in [-0.39, 0.29) is 11.6 Å². The van der Waals surface area contributed by atoms with Crippen molar-refractivity contribution < 1.29 is 18.0 Å². The van der Waals surface area contributed by atoms with Crippen molar-refractivity contribution >= 4 is 45.5 Å². The summed E-state index contributed by atoms with van der Waals surface area (Å²) in [5.74, 6) is -0.289. The predicted molar refractivity (Wildman–Crippen MR) is 143 cm³/mol. The van der Waals surface area contributed by atoms with Gasteiger partial charge in [-0.25, -0.2) is 9.97 Å². The number of nitrogens with one attached hydrogen (secondary N) is 1. The van der Waals surface area contributed by atoms with Crippen LogP contribution in [0.15, 0.2) is 54.0 Å². The van der Waals surface area contributed by atoms with Crippen LogP contribution < -0.4 is 16.0 Å². The van der Waals surface area contributed by atoms with E-state index in [1.54, 1.807) is 19.3 Å². The van der Waals surface area contributed by atoms with E-state index < -0.39 is 17.6 Å². The maximum absolute atomic E-state index is 13.4. The van der Waals surface area contributed by atoms with Gasteiger partial charge >= 0.3 is 6.18 Å². The molecule has 1 amide bonds. The quantitative estimate of drug-likeness (QED) is 0.310. The van der Waals surface area contributed by atoms with Crippen molar-refractivity contribution in [1.82, 2.24) is 14.9 Å². The molecule has 0 aliphatic heterocycles. The van der Waals surface area contributed by atoms with Crippen LogP contribution in [0.1, 0.15) is 21.7 Å². The number of halogens is 3. The van der Waals surface area contributed by atoms with Crippen molar-refractivity contribution in [2.45, 2.75) is 12.6 Å². The van der Waals surface area contributed by atoms with Crippen LogP contribution in [0.2, 0.25) is 0 Å². The minimum atomic E-state index is -4.53. The molecular weight excluding hydrogens is 501 g/mol. The van der Waals surface area contributed by atoms with Crippen LogP contribution in [-0.4, -0.2) is 55.0 Å². The lowest BCUT2D eigenvalue weighted by Gasteiger charge is -2.24. The number of nitrogens with zero attached hydrogens (tertiary/aromatic N) is 4. The summed E-state index contributed by atoms with van der Waals surface area (Å²) in [6.45, 7) is 1.45. The van der Waals surface area contributed by atoms with Crippen molar-refractivity contribution in [3.63, 3.8) is 0 Å². The first-order valence-electron chi connectivity index (χ1n) is 11.5. The third kappa shape index (κ3) is 6.36. The van der Waals surface area contributed by atoms with E-state index >= 15 is 0 Å². The molecule has 0 bridgehead atoms. The summed E-state index contributed by atoms with van der Waals surface area (Å²) in [4.78, 5) is 25.6. The second-order valence-corrected chi connectivity index (χ2v) is 9.87. The van der Waals surface area contributed by atoms with Gasteiger partial charge in [-0.3, -0.25) is 4.79 Å². The molecule has 4 rings (SSSR count). The number of alkyl halides is 3. The Bertz CT molecular complexity index is 1420. The summed E-state index contributed by atoms with van der Waals surface area (Å²) in [6, 6.07) is 10.7. The Hall–Kier alpha value is -3.70. The van der Waals surface area contributed by atoms with Gasteiger partial charge in [0.15, 0.2) is 0 Å². The van der Waals surface area contributed by atoms with Gasteiger partial charge in [-0.15, -0.1) is 11.3 Å². The summed E-state index contributed by atoms with van der Waals surface area (Å²) >= 11 is 1.22. The van der Waals surface area contributed by atoms with Gasteiger partial charge in [0, 0.05) is 25.2 Å². The third-order valence-corrected chi connectivity index (χ3v) is 6.77. The molecule has 2 heterocycles. The van der Waals surface area contributed by atoms with Crippen LogP contribution in [0.5, 0.6) is 0 Å². The molecule has 2 aromatic carbocycles. The molecule has 37 heavy (non-hydrogen) atoms. The van der Waals surface area contributed by atoms with Gasteiger partial charge in [0.05, 0.1) is 27.3 Å². The Balaban J connectivity index is 1.58. The molecule has 3 N–H and O–H groups in total. The van der Waals surface area contributed by atoms with Crippen LogP contribution in [0, 0.1) is 0 Å². The van der Waals surface area contributed by atoms with Crippen molar-refractivity contribution in [2.75, 3.05) is 50.2 Å². The zero-order valence-electron chi connectivity index (χ0n) is 20.6. The molecule has 2 aromatic heterocycles. The summed E-state index contributed by atoms with van der Waals surface area (Å²) in [6.07, 6.45) is -2.08. The number of benzene rings is 2. The van der Waals surface area contributed by atoms with Crippen molar-refractivity contribution in [1.29, 1.82) is 0 Å². The number of carbonyl (C=O) groups is 1. The summed E-state index contributed by atoms with van der Waals surface area (Å²) in [5.41, 5.74) is 7.82. The van der Waals surface area contributed by atoms with Crippen molar-refractivity contribution in [3.8, 4) is 11.1 Å². The largest absolute Gasteiger partial charge is 0.416 e. The number of rotatable bonds is 8. The van der Waals surface area contributed by atoms with Crippen LogP contribution in [-0.2, 0) is 6.18 Å². The SMILES string of the molecule is CN(C)CCCN(C)c1ccc(C(F)(F)F)cc1NC(=O)c1cc(-c2ccc3nc(N)ncc3c2)cs1. The summed E-state index contributed by atoms with van der Waals surface area (Å²) < 4.78 is 40.3. The number of carbonyl (C=O) groups excluding carboxylic acids is 1. The van der Waals surface area contributed by atoms with Gasteiger partial charge in [-0.1, -0.05) is 6.07 Å². The second kappa shape index (κ2) is 10.7. The number of fused-ring (bicyclic) bond motifs is 1. The fourth-order valence-corrected chi connectivity index (χ4v) is 4.72. The molecule has 0 spiro atoms. The average Bonchev–Trinajstić information content (AvgIpc) is 3.33. The second-order valence-electron chi connectivity index (χ2n) is 8.96. The Morgan fingerprint density at radius 3 is 2.57 bits per heavy atom. The Morgan fingerprint density at radius 2 is 1.84 bits per heavy atom. The number of thiophene rings is 1. The number of nitrogens with two attached hydrogens (primary N) is 1. The Labute approximate surface area is 216 Å². The van der Waals surface area contributed by atoms with Crippen LogP contribution in [0.3, 0.4) is 0 Å². The van der Waals surface area contributed by atoms with Crippen molar-refractivity contribution in [2.24, 2.45) is 0 Å². The lowest BCUT2D eigenvalue weighted by Crippen LogP contribution is -2.25. The molecule has 7 nitrogen and oxygen atoms in total. The first kappa shape index (κ1) is 26.4. The number of aromatic nitrogens is 2. The molecule has 0 radical (unpaired) electrons. The molecule has 0 atom stereocenters. The molecule has 4 aromatic rings. The molecule has 0 unspecified atom stereocenters. The number of hydrogen-bond acceptors (Lipinski definition) is 7. The molecule has 0 saturated carbocycles. The maximum atomic E-state index is 13.4. The van der Waals surface area contributed by atoms with Crippen molar-refractivity contribution in [3.05, 3.63) is 64.5 Å². The van der Waals surface area contributed by atoms with Crippen LogP contribution in [0.25, 0.3) is 22.0 Å². The van der Waals surface area contributed by atoms with Crippen LogP contribution in [0.4, 0.5) is 30.5 Å². The zero-order valence-corrected chi connectivity index (χ0v) is 21.5. The highest BCUT2D eigenvalue weighted by Gasteiger charge is 2.31. The zero-order chi connectivity index (χ0) is 26.7. The van der Waals surface area contributed by atoms with Gasteiger partial charge in [-0.2, -0.15) is 13.2 Å². The van der Waals surface area contributed by atoms with E-state index in [2.05, 4.69) is 15.3 Å². The fraction of sp³-hybridized carbons (Fsp3) is 0.269. The minimum absolute atomic E-state index is 0.113. The highest BCUT2D eigenvalue weighted by Crippen LogP contribution is 2.36. The standard InChI is InChI=1S/C26H27F3N6OS/c1-34(2)9-4-10-35(3)22-8-6-19(26(27,28)29)13-21(22)32-24(36)23-12-18(15-37-23)16-5-7-20-17(11-16)14-31-25(30)33-20/h5-8,11-15H,4,9-10H2,1-3H3,(H,32,36)(H2,30,31,33). The van der Waals surface area contributed by atoms with Crippen LogP contribution >= 0.6 is 11.3 Å². The summed E-state index contributed by atoms with van der Waals surface area (Å²) in [7, 11) is 5.72. The molecule has 0 aliphatic rings. The average molecular weight is 529 g/mol. The van der Waals surface area contributed by atoms with Gasteiger partial charge in [0.1, 0.15) is 0 Å². The monoisotopic (exact) mass is 528 g/mol. The molecule has 0 aliphatic carbocycles. The Kier molecular flexibility index (Phi) is 7.65. The minimum Gasteiger partial charge on any atom is -0.373 e. The lowest BCUT2D eigenvalue weighted by molar-refractivity contribution is -0.137. The summed E-state index contributed by atoms with van der Waals surface area (Å²) in [5, 5.41) is 5.33. The lowest BCUT2D eigenvalue weighted by atomic mass is 10.1. The van der Waals surface area contributed by atoms with E-state index in [9.17, 15) is 18.0 Å². The molecule has 11 heteroatoms. The fourth-order valence-electron chi connectivity index (χ4n) is 3.91. The number of nitrogen functional groups attached to an aromatic ring is 1. The van der Waals surface area contributed by atoms with E-state index in [1.165, 1.54) is 17.4 Å². The molecule has 0 fully saturated rings. The first-order valence-corrected chi connectivity index (χ1v) is 12.4. The third-order valence-electron chi connectivity index (χ3n) is 5.84.